The SMILES string of the molecule is CNC[C@H](COc1cccc(-c2nc(Cl)c(C)c(N3CC4(CCN(C(=O)OC)CC4)C3)n2)c1)O[Si](C)(C)C(C)(C)C. The van der Waals surface area contributed by atoms with Gasteiger partial charge in [-0.15, -0.1) is 0 Å². The van der Waals surface area contributed by atoms with Crippen LogP contribution in [0.3, 0.4) is 0 Å². The number of piperidine rings is 1. The molecular weight excluding hydrogens is 558 g/mol. The number of carbonyl (C=O) groups excluding carboxylic acids is 1. The van der Waals surface area contributed by atoms with E-state index in [1.54, 1.807) is 4.90 Å². The van der Waals surface area contributed by atoms with Crippen molar-refractivity contribution in [2.75, 3.05) is 58.4 Å². The van der Waals surface area contributed by atoms with Gasteiger partial charge in [-0.3, -0.25) is 0 Å². The van der Waals surface area contributed by atoms with Crippen molar-refractivity contribution < 1.29 is 18.7 Å². The molecule has 1 aromatic heterocycles. The standard InChI is InChI=1S/C30H46ClN5O4Si/c1-21-25(31)33-26(34-27(21)36-19-30(20-36)12-14-35(15-13-30)28(37)38-6)22-10-9-11-23(16-22)39-18-24(17-32-5)40-41(7,8)29(2,3)4/h9-11,16,24,32H,12-15,17-20H2,1-8H3/t24-/m1/s1. The van der Waals surface area contributed by atoms with E-state index in [-0.39, 0.29) is 22.7 Å². The summed E-state index contributed by atoms with van der Waals surface area (Å²) in [6, 6.07) is 7.85. The van der Waals surface area contributed by atoms with E-state index in [2.05, 4.69) is 49.1 Å². The summed E-state index contributed by atoms with van der Waals surface area (Å²) < 4.78 is 17.7. The zero-order valence-corrected chi connectivity index (χ0v) is 27.6. The molecule has 11 heteroatoms. The molecule has 2 fully saturated rings. The zero-order valence-electron chi connectivity index (χ0n) is 25.8. The van der Waals surface area contributed by atoms with Gasteiger partial charge >= 0.3 is 6.09 Å². The maximum atomic E-state index is 11.9. The first kappa shape index (κ1) is 31.5. The second-order valence-corrected chi connectivity index (χ2v) is 18.1. The van der Waals surface area contributed by atoms with E-state index < -0.39 is 8.32 Å². The van der Waals surface area contributed by atoms with Crippen LogP contribution < -0.4 is 15.0 Å². The highest BCUT2D eigenvalue weighted by atomic mass is 35.5. The van der Waals surface area contributed by atoms with Crippen LogP contribution in [0, 0.1) is 12.3 Å². The quantitative estimate of drug-likeness (QED) is 0.286. The highest BCUT2D eigenvalue weighted by Gasteiger charge is 2.46. The number of halogens is 1. The Kier molecular flexibility index (Phi) is 9.57. The summed E-state index contributed by atoms with van der Waals surface area (Å²) in [6.45, 7) is 17.6. The summed E-state index contributed by atoms with van der Waals surface area (Å²) in [5.41, 5.74) is 1.92. The number of carbonyl (C=O) groups is 1. The number of ether oxygens (including phenoxy) is 2. The molecule has 1 aromatic carbocycles. The van der Waals surface area contributed by atoms with Crippen LogP contribution in [0.5, 0.6) is 5.75 Å². The molecule has 2 aliphatic rings. The summed E-state index contributed by atoms with van der Waals surface area (Å²) in [5, 5.41) is 3.81. The minimum absolute atomic E-state index is 0.0561. The molecule has 2 aromatic rings. The van der Waals surface area contributed by atoms with Crippen LogP contribution >= 0.6 is 11.6 Å². The highest BCUT2D eigenvalue weighted by molar-refractivity contribution is 6.74. The maximum absolute atomic E-state index is 11.9. The maximum Gasteiger partial charge on any atom is 0.409 e. The average Bonchev–Trinajstić information content (AvgIpc) is 2.91. The Morgan fingerprint density at radius 3 is 2.49 bits per heavy atom. The van der Waals surface area contributed by atoms with E-state index in [4.69, 9.17) is 30.5 Å². The Morgan fingerprint density at radius 2 is 1.88 bits per heavy atom. The fraction of sp³-hybridized carbons (Fsp3) is 0.633. The Balaban J connectivity index is 1.44. The Bertz CT molecular complexity index is 1220. The molecule has 0 bridgehead atoms. The van der Waals surface area contributed by atoms with E-state index in [1.807, 2.05) is 38.2 Å². The number of likely N-dealkylation sites (N-methyl/N-ethyl adjacent to an activating group) is 1. The number of aromatic nitrogens is 2. The van der Waals surface area contributed by atoms with E-state index in [0.29, 0.717) is 24.1 Å². The molecule has 226 valence electrons. The number of amides is 1. The number of nitrogens with one attached hydrogen (secondary N) is 1. The molecule has 4 rings (SSSR count). The smallest absolute Gasteiger partial charge is 0.409 e. The lowest BCUT2D eigenvalue weighted by atomic mass is 9.72. The van der Waals surface area contributed by atoms with E-state index in [0.717, 1.165) is 61.7 Å². The summed E-state index contributed by atoms with van der Waals surface area (Å²) in [5.74, 6) is 2.18. The van der Waals surface area contributed by atoms with Gasteiger partial charge in [0.25, 0.3) is 0 Å². The molecule has 41 heavy (non-hydrogen) atoms. The third-order valence-electron chi connectivity index (χ3n) is 8.90. The fourth-order valence-corrected chi connectivity index (χ4v) is 6.81. The average molecular weight is 604 g/mol. The number of benzene rings is 1. The van der Waals surface area contributed by atoms with Crippen molar-refractivity contribution in [2.24, 2.45) is 5.41 Å². The van der Waals surface area contributed by atoms with Gasteiger partial charge in [0.1, 0.15) is 23.3 Å². The van der Waals surface area contributed by atoms with Crippen molar-refractivity contribution in [1.82, 2.24) is 20.2 Å². The minimum atomic E-state index is -1.94. The molecule has 0 saturated carbocycles. The van der Waals surface area contributed by atoms with E-state index in [9.17, 15) is 4.79 Å². The van der Waals surface area contributed by atoms with Crippen LogP contribution in [0.15, 0.2) is 24.3 Å². The van der Waals surface area contributed by atoms with Gasteiger partial charge in [-0.25, -0.2) is 14.8 Å². The molecule has 1 amide bonds. The molecule has 3 heterocycles. The largest absolute Gasteiger partial charge is 0.491 e. The van der Waals surface area contributed by atoms with Crippen molar-refractivity contribution in [3.63, 3.8) is 0 Å². The van der Waals surface area contributed by atoms with Crippen LogP contribution in [-0.2, 0) is 9.16 Å². The summed E-state index contributed by atoms with van der Waals surface area (Å²) in [6.07, 6.45) is 1.61. The normalized spacial score (nSPS) is 17.8. The molecule has 0 unspecified atom stereocenters. The predicted octanol–water partition coefficient (Wildman–Crippen LogP) is 5.76. The van der Waals surface area contributed by atoms with Gasteiger partial charge < -0.3 is 29.0 Å². The molecule has 2 aliphatic heterocycles. The van der Waals surface area contributed by atoms with Gasteiger partial charge in [0.15, 0.2) is 14.1 Å². The van der Waals surface area contributed by atoms with Crippen LogP contribution in [0.2, 0.25) is 23.3 Å². The monoisotopic (exact) mass is 603 g/mol. The van der Waals surface area contributed by atoms with Gasteiger partial charge in [-0.2, -0.15) is 0 Å². The number of rotatable bonds is 9. The lowest BCUT2D eigenvalue weighted by Crippen LogP contribution is -2.61. The van der Waals surface area contributed by atoms with Crippen molar-refractivity contribution in [3.05, 3.63) is 35.0 Å². The van der Waals surface area contributed by atoms with Crippen LogP contribution in [-0.4, -0.2) is 88.9 Å². The van der Waals surface area contributed by atoms with Crippen molar-refractivity contribution in [1.29, 1.82) is 0 Å². The molecule has 1 atom stereocenters. The third kappa shape index (κ3) is 7.16. The lowest BCUT2D eigenvalue weighted by molar-refractivity contribution is 0.0621. The van der Waals surface area contributed by atoms with Crippen LogP contribution in [0.4, 0.5) is 10.6 Å². The van der Waals surface area contributed by atoms with E-state index in [1.165, 1.54) is 7.11 Å². The second-order valence-electron chi connectivity index (χ2n) is 13.0. The molecule has 0 aliphatic carbocycles. The number of hydrogen-bond acceptors (Lipinski definition) is 8. The molecule has 0 radical (unpaired) electrons. The van der Waals surface area contributed by atoms with Gasteiger partial charge in [-0.05, 0) is 57.1 Å². The Hall–Kier alpha value is -2.40. The first-order valence-corrected chi connectivity index (χ1v) is 17.7. The molecule has 2 saturated heterocycles. The summed E-state index contributed by atoms with van der Waals surface area (Å²) in [7, 11) is 1.43. The highest BCUT2D eigenvalue weighted by Crippen LogP contribution is 2.44. The van der Waals surface area contributed by atoms with Crippen molar-refractivity contribution >= 4 is 31.8 Å². The molecule has 1 N–H and O–H groups in total. The topological polar surface area (TPSA) is 89.1 Å². The van der Waals surface area contributed by atoms with Gasteiger partial charge in [0, 0.05) is 49.3 Å². The van der Waals surface area contributed by atoms with Crippen LogP contribution in [0.25, 0.3) is 11.4 Å². The van der Waals surface area contributed by atoms with Crippen molar-refractivity contribution in [3.8, 4) is 17.1 Å². The predicted molar refractivity (Wildman–Crippen MR) is 167 cm³/mol. The minimum Gasteiger partial charge on any atom is -0.491 e. The molecule has 9 nitrogen and oxygen atoms in total. The van der Waals surface area contributed by atoms with Gasteiger partial charge in [0.05, 0.1) is 13.2 Å². The first-order chi connectivity index (χ1) is 19.3. The Morgan fingerprint density at radius 1 is 1.20 bits per heavy atom. The summed E-state index contributed by atoms with van der Waals surface area (Å²) >= 11 is 6.63. The number of methoxy groups -OCH3 is 1. The molecule has 1 spiro atoms. The van der Waals surface area contributed by atoms with Gasteiger partial charge in [-0.1, -0.05) is 44.5 Å². The first-order valence-electron chi connectivity index (χ1n) is 14.5. The molecular formula is C30H46ClN5O4Si. The van der Waals surface area contributed by atoms with Gasteiger partial charge in [0.2, 0.25) is 0 Å². The number of anilines is 1. The third-order valence-corrected chi connectivity index (χ3v) is 13.8. The second kappa shape index (κ2) is 12.4. The number of likely N-dealkylation sites (tertiary alicyclic amines) is 1. The summed E-state index contributed by atoms with van der Waals surface area (Å²) in [4.78, 5) is 25.5. The Labute approximate surface area is 251 Å². The zero-order chi connectivity index (χ0) is 30.0. The van der Waals surface area contributed by atoms with Crippen molar-refractivity contribution in [2.45, 2.75) is 64.8 Å². The number of hydrogen-bond donors (Lipinski definition) is 1. The fourth-order valence-electron chi connectivity index (χ4n) is 5.31. The van der Waals surface area contributed by atoms with E-state index >= 15 is 0 Å². The van der Waals surface area contributed by atoms with Crippen LogP contribution in [0.1, 0.15) is 39.2 Å². The lowest BCUT2D eigenvalue weighted by Gasteiger charge is -2.54. The number of nitrogens with zero attached hydrogens (tertiary/aromatic N) is 4.